The zero-order chi connectivity index (χ0) is 7.73. The van der Waals surface area contributed by atoms with Crippen molar-refractivity contribution < 1.29 is 0 Å². The second-order valence-electron chi connectivity index (χ2n) is 3.25. The highest BCUT2D eigenvalue weighted by Crippen LogP contribution is 2.29. The van der Waals surface area contributed by atoms with Gasteiger partial charge in [-0.2, -0.15) is 0 Å². The van der Waals surface area contributed by atoms with Crippen LogP contribution in [0.15, 0.2) is 24.5 Å². The fraction of sp³-hybridized carbons (Fsp3) is 0.444. The molecule has 2 rings (SSSR count). The lowest BCUT2D eigenvalue weighted by Crippen LogP contribution is -2.51. The van der Waals surface area contributed by atoms with Gasteiger partial charge in [0, 0.05) is 17.9 Å². The van der Waals surface area contributed by atoms with Crippen LogP contribution in [0.25, 0.3) is 0 Å². The first kappa shape index (κ1) is 6.80. The topological polar surface area (TPSA) is 24.9 Å². The summed E-state index contributed by atoms with van der Waals surface area (Å²) in [5.41, 5.74) is 1.50. The van der Waals surface area contributed by atoms with Crippen LogP contribution in [0, 0.1) is 0 Å². The van der Waals surface area contributed by atoms with E-state index < -0.39 is 0 Å². The van der Waals surface area contributed by atoms with Crippen LogP contribution in [0.5, 0.6) is 0 Å². The lowest BCUT2D eigenvalue weighted by atomic mass is 9.84. The number of hydrogen-bond acceptors (Lipinski definition) is 2. The van der Waals surface area contributed by atoms with E-state index in [0.717, 1.165) is 6.54 Å². The highest BCUT2D eigenvalue weighted by molar-refractivity contribution is 5.22. The molecule has 1 saturated heterocycles. The summed E-state index contributed by atoms with van der Waals surface area (Å²) in [5, 5.41) is 3.40. The molecule has 1 unspecified atom stereocenters. The summed E-state index contributed by atoms with van der Waals surface area (Å²) in [6.45, 7) is 3.35. The van der Waals surface area contributed by atoms with Gasteiger partial charge < -0.3 is 5.32 Å². The Hall–Kier alpha value is -0.890. The third-order valence-corrected chi connectivity index (χ3v) is 2.44. The van der Waals surface area contributed by atoms with E-state index in [1.54, 1.807) is 0 Å². The van der Waals surface area contributed by atoms with Gasteiger partial charge in [-0.15, -0.1) is 0 Å². The molecule has 0 aliphatic carbocycles. The number of rotatable bonds is 1. The molecule has 0 aromatic carbocycles. The molecule has 1 aromatic heterocycles. The summed E-state index contributed by atoms with van der Waals surface area (Å²) < 4.78 is 0. The molecule has 1 atom stereocenters. The Morgan fingerprint density at radius 2 is 2.45 bits per heavy atom. The number of nitrogens with one attached hydrogen (secondary N) is 1. The summed E-state index contributed by atoms with van der Waals surface area (Å²) in [6.07, 6.45) is 4.97. The van der Waals surface area contributed by atoms with Crippen LogP contribution in [0.4, 0.5) is 0 Å². The van der Waals surface area contributed by atoms with Crippen molar-refractivity contribution in [1.82, 2.24) is 10.3 Å². The summed E-state index contributed by atoms with van der Waals surface area (Å²) in [6, 6.07) is 4.11. The Bertz CT molecular complexity index is 239. The molecule has 0 amide bonds. The number of aromatic nitrogens is 1. The van der Waals surface area contributed by atoms with Crippen LogP contribution in [0.2, 0.25) is 0 Å². The molecule has 2 heteroatoms. The molecule has 0 radical (unpaired) electrons. The van der Waals surface area contributed by atoms with Gasteiger partial charge in [-0.05, 0) is 31.5 Å². The van der Waals surface area contributed by atoms with Crippen LogP contribution in [-0.2, 0) is 5.54 Å². The average molecular weight is 148 g/mol. The molecule has 1 aromatic rings. The minimum absolute atomic E-state index is 0.203. The lowest BCUT2D eigenvalue weighted by molar-refractivity contribution is 0.236. The SMILES string of the molecule is CC1(c2cccnc2)CCN1. The standard InChI is InChI=1S/C9H12N2/c1-9(4-6-11-9)8-3-2-5-10-7-8/h2-3,5,7,11H,4,6H2,1H3. The first-order valence-electron chi connectivity index (χ1n) is 3.97. The van der Waals surface area contributed by atoms with Gasteiger partial charge in [0.2, 0.25) is 0 Å². The van der Waals surface area contributed by atoms with Crippen molar-refractivity contribution in [1.29, 1.82) is 0 Å². The predicted octanol–water partition coefficient (Wildman–Crippen LogP) is 1.29. The Balaban J connectivity index is 2.29. The fourth-order valence-corrected chi connectivity index (χ4v) is 1.44. The maximum atomic E-state index is 4.09. The zero-order valence-electron chi connectivity index (χ0n) is 6.67. The van der Waals surface area contributed by atoms with Crippen molar-refractivity contribution in [3.05, 3.63) is 30.1 Å². The Labute approximate surface area is 66.7 Å². The molecule has 1 N–H and O–H groups in total. The molecule has 2 heterocycles. The third-order valence-electron chi connectivity index (χ3n) is 2.44. The zero-order valence-corrected chi connectivity index (χ0v) is 6.67. The van der Waals surface area contributed by atoms with Crippen molar-refractivity contribution in [3.63, 3.8) is 0 Å². The van der Waals surface area contributed by atoms with E-state index in [0.29, 0.717) is 0 Å². The lowest BCUT2D eigenvalue weighted by Gasteiger charge is -2.40. The molecule has 0 saturated carbocycles. The molecule has 11 heavy (non-hydrogen) atoms. The monoisotopic (exact) mass is 148 g/mol. The second kappa shape index (κ2) is 2.31. The summed E-state index contributed by atoms with van der Waals surface area (Å²) in [4.78, 5) is 4.09. The largest absolute Gasteiger partial charge is 0.307 e. The van der Waals surface area contributed by atoms with E-state index in [1.807, 2.05) is 18.5 Å². The molecule has 0 spiro atoms. The van der Waals surface area contributed by atoms with Crippen molar-refractivity contribution in [2.75, 3.05) is 6.54 Å². The van der Waals surface area contributed by atoms with Gasteiger partial charge in [-0.1, -0.05) is 6.07 Å². The van der Waals surface area contributed by atoms with Gasteiger partial charge >= 0.3 is 0 Å². The maximum absolute atomic E-state index is 4.09. The minimum atomic E-state index is 0.203. The van der Waals surface area contributed by atoms with Crippen molar-refractivity contribution >= 4 is 0 Å². The van der Waals surface area contributed by atoms with E-state index in [2.05, 4.69) is 23.3 Å². The Morgan fingerprint density at radius 1 is 1.64 bits per heavy atom. The predicted molar refractivity (Wildman–Crippen MR) is 44.2 cm³/mol. The number of pyridine rings is 1. The van der Waals surface area contributed by atoms with Gasteiger partial charge in [-0.3, -0.25) is 4.98 Å². The minimum Gasteiger partial charge on any atom is -0.307 e. The molecular weight excluding hydrogens is 136 g/mol. The van der Waals surface area contributed by atoms with Crippen LogP contribution in [0.1, 0.15) is 18.9 Å². The fourth-order valence-electron chi connectivity index (χ4n) is 1.44. The van der Waals surface area contributed by atoms with E-state index >= 15 is 0 Å². The molecule has 0 bridgehead atoms. The van der Waals surface area contributed by atoms with E-state index in [9.17, 15) is 0 Å². The Morgan fingerprint density at radius 3 is 2.91 bits per heavy atom. The quantitative estimate of drug-likeness (QED) is 0.649. The van der Waals surface area contributed by atoms with Gasteiger partial charge in [0.15, 0.2) is 0 Å². The molecule has 1 aliphatic rings. The first-order chi connectivity index (χ1) is 5.31. The second-order valence-corrected chi connectivity index (χ2v) is 3.25. The van der Waals surface area contributed by atoms with Crippen LogP contribution < -0.4 is 5.32 Å². The van der Waals surface area contributed by atoms with Crippen LogP contribution in [0.3, 0.4) is 0 Å². The highest BCUT2D eigenvalue weighted by atomic mass is 15.0. The van der Waals surface area contributed by atoms with E-state index in [-0.39, 0.29) is 5.54 Å². The van der Waals surface area contributed by atoms with Gasteiger partial charge in [0.1, 0.15) is 0 Å². The van der Waals surface area contributed by atoms with Crippen LogP contribution >= 0.6 is 0 Å². The molecule has 58 valence electrons. The summed E-state index contributed by atoms with van der Waals surface area (Å²) >= 11 is 0. The van der Waals surface area contributed by atoms with Crippen molar-refractivity contribution in [2.45, 2.75) is 18.9 Å². The normalized spacial score (nSPS) is 29.5. The van der Waals surface area contributed by atoms with Crippen molar-refractivity contribution in [3.8, 4) is 0 Å². The average Bonchev–Trinajstić information content (AvgIpc) is 2.02. The van der Waals surface area contributed by atoms with E-state index in [4.69, 9.17) is 0 Å². The smallest absolute Gasteiger partial charge is 0.0433 e. The van der Waals surface area contributed by atoms with E-state index in [1.165, 1.54) is 12.0 Å². The number of nitrogens with zero attached hydrogens (tertiary/aromatic N) is 1. The maximum Gasteiger partial charge on any atom is 0.0433 e. The van der Waals surface area contributed by atoms with Crippen LogP contribution in [-0.4, -0.2) is 11.5 Å². The van der Waals surface area contributed by atoms with Gasteiger partial charge in [-0.25, -0.2) is 0 Å². The molecule has 2 nitrogen and oxygen atoms in total. The summed E-state index contributed by atoms with van der Waals surface area (Å²) in [7, 11) is 0. The van der Waals surface area contributed by atoms with Gasteiger partial charge in [0.25, 0.3) is 0 Å². The first-order valence-corrected chi connectivity index (χ1v) is 3.97. The van der Waals surface area contributed by atoms with Gasteiger partial charge in [0.05, 0.1) is 0 Å². The summed E-state index contributed by atoms with van der Waals surface area (Å²) in [5.74, 6) is 0. The molecule has 1 aliphatic heterocycles. The molecular formula is C9H12N2. The highest BCUT2D eigenvalue weighted by Gasteiger charge is 2.32. The molecule has 1 fully saturated rings. The third kappa shape index (κ3) is 1.03. The Kier molecular flexibility index (Phi) is 1.43. The van der Waals surface area contributed by atoms with Crippen molar-refractivity contribution in [2.24, 2.45) is 0 Å². The number of hydrogen-bond donors (Lipinski definition) is 1.